The van der Waals surface area contributed by atoms with Crippen LogP contribution in [0.15, 0.2) is 12.2 Å². The molecule has 2 nitrogen and oxygen atoms in total. The van der Waals surface area contributed by atoms with Gasteiger partial charge < -0.3 is 10.1 Å². The molecule has 0 aliphatic carbocycles. The van der Waals surface area contributed by atoms with Crippen molar-refractivity contribution in [2.75, 3.05) is 13.2 Å². The second-order valence-electron chi connectivity index (χ2n) is 3.79. The number of hydrogen-bond donors (Lipinski definition) is 1. The summed E-state index contributed by atoms with van der Waals surface area (Å²) in [5.41, 5.74) is 1.19. The summed E-state index contributed by atoms with van der Waals surface area (Å²) in [5.74, 6) is 0. The molecule has 1 heterocycles. The maximum absolute atomic E-state index is 5.73. The number of nitrogens with one attached hydrogen (secondary N) is 1. The van der Waals surface area contributed by atoms with Gasteiger partial charge in [-0.05, 0) is 32.7 Å². The van der Waals surface area contributed by atoms with Crippen LogP contribution >= 0.6 is 0 Å². The van der Waals surface area contributed by atoms with Gasteiger partial charge in [-0.15, -0.1) is 0 Å². The van der Waals surface area contributed by atoms with Gasteiger partial charge in [-0.25, -0.2) is 0 Å². The van der Waals surface area contributed by atoms with Crippen LogP contribution in [0.25, 0.3) is 0 Å². The molecule has 1 fully saturated rings. The van der Waals surface area contributed by atoms with Crippen molar-refractivity contribution in [3.8, 4) is 0 Å². The Morgan fingerprint density at radius 3 is 2.85 bits per heavy atom. The molecule has 0 radical (unpaired) electrons. The van der Waals surface area contributed by atoms with Crippen LogP contribution in [-0.2, 0) is 4.74 Å². The highest BCUT2D eigenvalue weighted by Gasteiger charge is 2.23. The maximum Gasteiger partial charge on any atom is 0.0766 e. The van der Waals surface area contributed by atoms with E-state index >= 15 is 0 Å². The molecule has 0 aromatic carbocycles. The van der Waals surface area contributed by atoms with Crippen molar-refractivity contribution < 1.29 is 4.74 Å². The topological polar surface area (TPSA) is 21.3 Å². The fourth-order valence-electron chi connectivity index (χ4n) is 1.87. The Morgan fingerprint density at radius 2 is 2.38 bits per heavy atom. The van der Waals surface area contributed by atoms with Gasteiger partial charge in [0.1, 0.15) is 0 Å². The van der Waals surface area contributed by atoms with E-state index in [9.17, 15) is 0 Å². The molecule has 0 aromatic rings. The Hall–Kier alpha value is -0.340. The molecule has 0 spiro atoms. The van der Waals surface area contributed by atoms with E-state index in [4.69, 9.17) is 4.74 Å². The molecular weight excluding hydrogens is 162 g/mol. The van der Waals surface area contributed by atoms with Gasteiger partial charge in [0.05, 0.1) is 12.1 Å². The number of likely N-dealkylation sites (N-methyl/N-ethyl adjacent to an activating group) is 1. The van der Waals surface area contributed by atoms with E-state index in [1.54, 1.807) is 0 Å². The third kappa shape index (κ3) is 3.12. The first-order chi connectivity index (χ1) is 6.25. The standard InChI is InChI=1S/C11H21NO/c1-4-12-11(9(2)3)10-7-5-6-8-13-10/h10-12H,2,4-8H2,1,3H3. The first kappa shape index (κ1) is 10.7. The Labute approximate surface area is 81.4 Å². The van der Waals surface area contributed by atoms with Crippen LogP contribution in [0, 0.1) is 0 Å². The highest BCUT2D eigenvalue weighted by Crippen LogP contribution is 2.19. The van der Waals surface area contributed by atoms with E-state index in [1.165, 1.54) is 24.8 Å². The molecule has 1 aliphatic heterocycles. The molecule has 0 aromatic heterocycles. The van der Waals surface area contributed by atoms with Crippen LogP contribution in [-0.4, -0.2) is 25.3 Å². The van der Waals surface area contributed by atoms with Crippen LogP contribution in [0.4, 0.5) is 0 Å². The predicted octanol–water partition coefficient (Wildman–Crippen LogP) is 2.11. The second kappa shape index (κ2) is 5.40. The summed E-state index contributed by atoms with van der Waals surface area (Å²) in [4.78, 5) is 0. The van der Waals surface area contributed by atoms with E-state index in [0.29, 0.717) is 12.1 Å². The van der Waals surface area contributed by atoms with Crippen LogP contribution in [0.2, 0.25) is 0 Å². The van der Waals surface area contributed by atoms with Gasteiger partial charge in [-0.2, -0.15) is 0 Å². The highest BCUT2D eigenvalue weighted by atomic mass is 16.5. The number of ether oxygens (including phenoxy) is 1. The zero-order chi connectivity index (χ0) is 9.68. The summed E-state index contributed by atoms with van der Waals surface area (Å²) in [5, 5.41) is 3.43. The summed E-state index contributed by atoms with van der Waals surface area (Å²) >= 11 is 0. The lowest BCUT2D eigenvalue weighted by Gasteiger charge is -2.31. The molecule has 0 amide bonds. The minimum Gasteiger partial charge on any atom is -0.376 e. The lowest BCUT2D eigenvalue weighted by Crippen LogP contribution is -2.43. The van der Waals surface area contributed by atoms with Crippen molar-refractivity contribution >= 4 is 0 Å². The van der Waals surface area contributed by atoms with Crippen molar-refractivity contribution in [1.82, 2.24) is 5.32 Å². The molecule has 1 aliphatic rings. The lowest BCUT2D eigenvalue weighted by atomic mass is 9.97. The van der Waals surface area contributed by atoms with Crippen LogP contribution in [0.5, 0.6) is 0 Å². The van der Waals surface area contributed by atoms with Crippen molar-refractivity contribution in [2.24, 2.45) is 0 Å². The quantitative estimate of drug-likeness (QED) is 0.674. The molecular formula is C11H21NO. The molecule has 1 N–H and O–H groups in total. The molecule has 76 valence electrons. The van der Waals surface area contributed by atoms with Gasteiger partial charge in [-0.3, -0.25) is 0 Å². The minimum absolute atomic E-state index is 0.352. The average molecular weight is 183 g/mol. The highest BCUT2D eigenvalue weighted by molar-refractivity contribution is 5.05. The van der Waals surface area contributed by atoms with Gasteiger partial charge >= 0.3 is 0 Å². The summed E-state index contributed by atoms with van der Waals surface area (Å²) in [6.45, 7) is 10.1. The molecule has 2 atom stereocenters. The summed E-state index contributed by atoms with van der Waals surface area (Å²) < 4.78 is 5.73. The first-order valence-electron chi connectivity index (χ1n) is 5.26. The van der Waals surface area contributed by atoms with E-state index in [0.717, 1.165) is 13.2 Å². The van der Waals surface area contributed by atoms with Crippen LogP contribution < -0.4 is 5.32 Å². The third-order valence-corrected chi connectivity index (χ3v) is 2.54. The zero-order valence-corrected chi connectivity index (χ0v) is 8.81. The molecule has 2 unspecified atom stereocenters. The van der Waals surface area contributed by atoms with Crippen molar-refractivity contribution in [3.63, 3.8) is 0 Å². The first-order valence-corrected chi connectivity index (χ1v) is 5.26. The van der Waals surface area contributed by atoms with E-state index in [2.05, 4.69) is 25.7 Å². The lowest BCUT2D eigenvalue weighted by molar-refractivity contribution is 0.000436. The van der Waals surface area contributed by atoms with Crippen molar-refractivity contribution in [3.05, 3.63) is 12.2 Å². The van der Waals surface area contributed by atoms with Gasteiger partial charge in [0.25, 0.3) is 0 Å². The van der Waals surface area contributed by atoms with Crippen LogP contribution in [0.3, 0.4) is 0 Å². The van der Waals surface area contributed by atoms with Gasteiger partial charge in [0.15, 0.2) is 0 Å². The zero-order valence-electron chi connectivity index (χ0n) is 8.81. The summed E-state index contributed by atoms with van der Waals surface area (Å²) in [6, 6.07) is 0.352. The average Bonchev–Trinajstić information content (AvgIpc) is 2.15. The molecule has 0 bridgehead atoms. The van der Waals surface area contributed by atoms with Gasteiger partial charge in [-0.1, -0.05) is 19.1 Å². The molecule has 2 heteroatoms. The molecule has 13 heavy (non-hydrogen) atoms. The fourth-order valence-corrected chi connectivity index (χ4v) is 1.87. The van der Waals surface area contributed by atoms with Gasteiger partial charge in [0.2, 0.25) is 0 Å². The Morgan fingerprint density at radius 1 is 1.62 bits per heavy atom. The second-order valence-corrected chi connectivity index (χ2v) is 3.79. The van der Waals surface area contributed by atoms with E-state index < -0.39 is 0 Å². The maximum atomic E-state index is 5.73. The SMILES string of the molecule is C=C(C)C(NCC)C1CCCCO1. The molecule has 1 rings (SSSR count). The number of rotatable bonds is 4. The van der Waals surface area contributed by atoms with Crippen molar-refractivity contribution in [2.45, 2.75) is 45.3 Å². The smallest absolute Gasteiger partial charge is 0.0766 e. The molecule has 1 saturated heterocycles. The van der Waals surface area contributed by atoms with E-state index in [-0.39, 0.29) is 0 Å². The third-order valence-electron chi connectivity index (χ3n) is 2.54. The minimum atomic E-state index is 0.352. The van der Waals surface area contributed by atoms with Crippen LogP contribution in [0.1, 0.15) is 33.1 Å². The predicted molar refractivity (Wildman–Crippen MR) is 55.9 cm³/mol. The van der Waals surface area contributed by atoms with E-state index in [1.807, 2.05) is 0 Å². The normalized spacial score (nSPS) is 25.5. The van der Waals surface area contributed by atoms with Gasteiger partial charge in [0, 0.05) is 6.61 Å². The molecule has 0 saturated carbocycles. The van der Waals surface area contributed by atoms with Crippen molar-refractivity contribution in [1.29, 1.82) is 0 Å². The summed E-state index contributed by atoms with van der Waals surface area (Å²) in [6.07, 6.45) is 4.03. The Kier molecular flexibility index (Phi) is 4.46. The Balaban J connectivity index is 2.46. The largest absolute Gasteiger partial charge is 0.376 e. The Bertz CT molecular complexity index is 161. The fraction of sp³-hybridized carbons (Fsp3) is 0.818. The summed E-state index contributed by atoms with van der Waals surface area (Å²) in [7, 11) is 0. The monoisotopic (exact) mass is 183 g/mol. The number of hydrogen-bond acceptors (Lipinski definition) is 2.